The lowest BCUT2D eigenvalue weighted by Crippen LogP contribution is -2.33. The van der Waals surface area contributed by atoms with E-state index < -0.39 is 0 Å². The molecule has 14 heavy (non-hydrogen) atoms. The van der Waals surface area contributed by atoms with Gasteiger partial charge >= 0.3 is 0 Å². The molecule has 0 aromatic carbocycles. The van der Waals surface area contributed by atoms with Gasteiger partial charge in [-0.1, -0.05) is 0 Å². The SMILES string of the molecule is Cc1nc(NC(C)(C)CCN)sc1C. The molecular formula is C10H19N3S. The van der Waals surface area contributed by atoms with Crippen LogP contribution in [0.3, 0.4) is 0 Å². The van der Waals surface area contributed by atoms with Crippen LogP contribution in [0.5, 0.6) is 0 Å². The van der Waals surface area contributed by atoms with E-state index in [1.807, 2.05) is 6.92 Å². The summed E-state index contributed by atoms with van der Waals surface area (Å²) in [5.74, 6) is 0. The average molecular weight is 213 g/mol. The molecule has 0 saturated carbocycles. The van der Waals surface area contributed by atoms with E-state index >= 15 is 0 Å². The van der Waals surface area contributed by atoms with E-state index in [2.05, 4.69) is 31.1 Å². The molecule has 3 N–H and O–H groups in total. The summed E-state index contributed by atoms with van der Waals surface area (Å²) in [5.41, 5.74) is 6.69. The molecule has 0 aliphatic carbocycles. The Kier molecular flexibility index (Phi) is 3.50. The third-order valence-electron chi connectivity index (χ3n) is 2.24. The fourth-order valence-electron chi connectivity index (χ4n) is 1.24. The van der Waals surface area contributed by atoms with Crippen LogP contribution in [-0.4, -0.2) is 17.1 Å². The molecule has 0 unspecified atom stereocenters. The Bertz CT molecular complexity index is 285. The number of thiazole rings is 1. The third-order valence-corrected chi connectivity index (χ3v) is 3.23. The molecule has 0 fully saturated rings. The summed E-state index contributed by atoms with van der Waals surface area (Å²) < 4.78 is 0. The van der Waals surface area contributed by atoms with Gasteiger partial charge in [0.05, 0.1) is 5.69 Å². The lowest BCUT2D eigenvalue weighted by Gasteiger charge is -2.25. The van der Waals surface area contributed by atoms with Crippen LogP contribution in [0.2, 0.25) is 0 Å². The first-order valence-electron chi connectivity index (χ1n) is 4.87. The van der Waals surface area contributed by atoms with Gasteiger partial charge in [0.15, 0.2) is 5.13 Å². The van der Waals surface area contributed by atoms with E-state index in [-0.39, 0.29) is 5.54 Å². The molecule has 3 nitrogen and oxygen atoms in total. The molecule has 0 amide bonds. The van der Waals surface area contributed by atoms with Crippen molar-refractivity contribution in [3.8, 4) is 0 Å². The Labute approximate surface area is 89.7 Å². The summed E-state index contributed by atoms with van der Waals surface area (Å²) in [5, 5.41) is 4.41. The van der Waals surface area contributed by atoms with E-state index in [0.717, 1.165) is 17.2 Å². The molecule has 0 aliphatic rings. The summed E-state index contributed by atoms with van der Waals surface area (Å²) in [6, 6.07) is 0. The quantitative estimate of drug-likeness (QED) is 0.807. The van der Waals surface area contributed by atoms with Crippen molar-refractivity contribution in [2.75, 3.05) is 11.9 Å². The number of aryl methyl sites for hydroxylation is 2. The molecular weight excluding hydrogens is 194 g/mol. The molecule has 0 saturated heterocycles. The normalized spacial score (nSPS) is 11.8. The highest BCUT2D eigenvalue weighted by Gasteiger charge is 2.18. The van der Waals surface area contributed by atoms with Gasteiger partial charge in [-0.05, 0) is 40.7 Å². The molecule has 1 rings (SSSR count). The number of hydrogen-bond acceptors (Lipinski definition) is 4. The van der Waals surface area contributed by atoms with Crippen molar-refractivity contribution in [2.24, 2.45) is 5.73 Å². The number of rotatable bonds is 4. The Balaban J connectivity index is 2.68. The number of anilines is 1. The molecule has 0 radical (unpaired) electrons. The second-order valence-corrected chi connectivity index (χ2v) is 5.41. The Morgan fingerprint density at radius 2 is 2.07 bits per heavy atom. The molecule has 80 valence electrons. The molecule has 0 aliphatic heterocycles. The van der Waals surface area contributed by atoms with Gasteiger partial charge in [0.25, 0.3) is 0 Å². The predicted molar refractivity (Wildman–Crippen MR) is 63.0 cm³/mol. The number of hydrogen-bond donors (Lipinski definition) is 2. The van der Waals surface area contributed by atoms with Crippen LogP contribution in [-0.2, 0) is 0 Å². The summed E-state index contributed by atoms with van der Waals surface area (Å²) in [4.78, 5) is 5.72. The van der Waals surface area contributed by atoms with Gasteiger partial charge in [-0.25, -0.2) is 4.98 Å². The Morgan fingerprint density at radius 3 is 2.50 bits per heavy atom. The summed E-state index contributed by atoms with van der Waals surface area (Å²) >= 11 is 1.70. The molecule has 1 heterocycles. The van der Waals surface area contributed by atoms with Crippen molar-refractivity contribution < 1.29 is 0 Å². The van der Waals surface area contributed by atoms with Crippen molar-refractivity contribution in [3.05, 3.63) is 10.6 Å². The van der Waals surface area contributed by atoms with Crippen molar-refractivity contribution in [1.82, 2.24) is 4.98 Å². The van der Waals surface area contributed by atoms with Gasteiger partial charge < -0.3 is 11.1 Å². The van der Waals surface area contributed by atoms with Gasteiger partial charge in [-0.2, -0.15) is 0 Å². The first-order chi connectivity index (χ1) is 6.44. The van der Waals surface area contributed by atoms with Crippen molar-refractivity contribution in [1.29, 1.82) is 0 Å². The zero-order valence-corrected chi connectivity index (χ0v) is 10.2. The second kappa shape index (κ2) is 4.28. The minimum atomic E-state index is 0.0332. The number of nitrogens with zero attached hydrogens (tertiary/aromatic N) is 1. The zero-order chi connectivity index (χ0) is 10.8. The highest BCUT2D eigenvalue weighted by Crippen LogP contribution is 2.25. The number of aromatic nitrogens is 1. The summed E-state index contributed by atoms with van der Waals surface area (Å²) in [6.07, 6.45) is 0.949. The summed E-state index contributed by atoms with van der Waals surface area (Å²) in [6.45, 7) is 9.11. The molecule has 1 aromatic rings. The highest BCUT2D eigenvalue weighted by atomic mass is 32.1. The maximum absolute atomic E-state index is 5.55. The van der Waals surface area contributed by atoms with Crippen LogP contribution >= 0.6 is 11.3 Å². The van der Waals surface area contributed by atoms with Crippen LogP contribution in [0.25, 0.3) is 0 Å². The van der Waals surface area contributed by atoms with E-state index in [1.165, 1.54) is 4.88 Å². The van der Waals surface area contributed by atoms with Crippen LogP contribution < -0.4 is 11.1 Å². The molecule has 4 heteroatoms. The highest BCUT2D eigenvalue weighted by molar-refractivity contribution is 7.15. The maximum Gasteiger partial charge on any atom is 0.183 e. The van der Waals surface area contributed by atoms with Gasteiger partial charge in [0.2, 0.25) is 0 Å². The number of nitrogens with two attached hydrogens (primary N) is 1. The monoisotopic (exact) mass is 213 g/mol. The average Bonchev–Trinajstić information content (AvgIpc) is 2.29. The van der Waals surface area contributed by atoms with Crippen molar-refractivity contribution in [3.63, 3.8) is 0 Å². The first-order valence-corrected chi connectivity index (χ1v) is 5.68. The molecule has 1 aromatic heterocycles. The molecule has 0 atom stereocenters. The fraction of sp³-hybridized carbons (Fsp3) is 0.700. The van der Waals surface area contributed by atoms with E-state index in [1.54, 1.807) is 11.3 Å². The maximum atomic E-state index is 5.55. The second-order valence-electron chi connectivity index (χ2n) is 4.21. The van der Waals surface area contributed by atoms with Crippen molar-refractivity contribution in [2.45, 2.75) is 39.7 Å². The van der Waals surface area contributed by atoms with E-state index in [4.69, 9.17) is 5.73 Å². The van der Waals surface area contributed by atoms with Crippen LogP contribution in [0.1, 0.15) is 30.8 Å². The zero-order valence-electron chi connectivity index (χ0n) is 9.35. The van der Waals surface area contributed by atoms with E-state index in [9.17, 15) is 0 Å². The topological polar surface area (TPSA) is 50.9 Å². The lowest BCUT2D eigenvalue weighted by atomic mass is 10.0. The fourth-order valence-corrected chi connectivity index (χ4v) is 2.23. The largest absolute Gasteiger partial charge is 0.357 e. The van der Waals surface area contributed by atoms with Crippen LogP contribution in [0, 0.1) is 13.8 Å². The van der Waals surface area contributed by atoms with E-state index in [0.29, 0.717) is 6.54 Å². The van der Waals surface area contributed by atoms with Gasteiger partial charge in [0, 0.05) is 10.4 Å². The minimum absolute atomic E-state index is 0.0332. The van der Waals surface area contributed by atoms with Crippen LogP contribution in [0.15, 0.2) is 0 Å². The number of nitrogens with one attached hydrogen (secondary N) is 1. The third kappa shape index (κ3) is 2.96. The Morgan fingerprint density at radius 1 is 1.43 bits per heavy atom. The lowest BCUT2D eigenvalue weighted by molar-refractivity contribution is 0.526. The molecule has 0 spiro atoms. The first kappa shape index (κ1) is 11.5. The standard InChI is InChI=1S/C10H19N3S/c1-7-8(2)14-9(12-7)13-10(3,4)5-6-11/h5-6,11H2,1-4H3,(H,12,13). The minimum Gasteiger partial charge on any atom is -0.357 e. The summed E-state index contributed by atoms with van der Waals surface area (Å²) in [7, 11) is 0. The molecule has 0 bridgehead atoms. The van der Waals surface area contributed by atoms with Crippen molar-refractivity contribution >= 4 is 16.5 Å². The van der Waals surface area contributed by atoms with Gasteiger partial charge in [0.1, 0.15) is 0 Å². The predicted octanol–water partition coefficient (Wildman–Crippen LogP) is 2.30. The van der Waals surface area contributed by atoms with Gasteiger partial charge in [-0.15, -0.1) is 11.3 Å². The van der Waals surface area contributed by atoms with Crippen LogP contribution in [0.4, 0.5) is 5.13 Å². The van der Waals surface area contributed by atoms with Gasteiger partial charge in [-0.3, -0.25) is 0 Å². The Hall–Kier alpha value is -0.610. The smallest absolute Gasteiger partial charge is 0.183 e.